The van der Waals surface area contributed by atoms with Gasteiger partial charge in [0.1, 0.15) is 11.4 Å². The van der Waals surface area contributed by atoms with E-state index in [2.05, 4.69) is 20.9 Å². The van der Waals surface area contributed by atoms with Crippen molar-refractivity contribution in [3.05, 3.63) is 33.6 Å². The Kier molecular flexibility index (Phi) is 2.33. The Morgan fingerprint density at radius 1 is 1.38 bits per heavy atom. The van der Waals surface area contributed by atoms with Crippen LogP contribution in [-0.2, 0) is 0 Å². The Morgan fingerprint density at radius 3 is 2.85 bits per heavy atom. The molecule has 0 aliphatic carbocycles. The molecule has 0 fully saturated rings. The first-order valence-corrected chi connectivity index (χ1v) is 5.38. The second-order valence-corrected chi connectivity index (χ2v) is 4.10. The van der Waals surface area contributed by atoms with Gasteiger partial charge in [0, 0.05) is 27.0 Å². The van der Waals surface area contributed by atoms with Gasteiger partial charge in [-0.3, -0.25) is 4.98 Å². The summed E-state index contributed by atoms with van der Waals surface area (Å²) < 4.78 is 0.964. The standard InChI is InChI=1S/C9H6BrNOS/c10-7-5-13-4-6(7)9-8(12)2-1-3-11-9/h1-5,12H. The molecule has 2 rings (SSSR count). The van der Waals surface area contributed by atoms with Crippen LogP contribution in [0.25, 0.3) is 11.3 Å². The van der Waals surface area contributed by atoms with E-state index in [1.807, 2.05) is 10.8 Å². The minimum absolute atomic E-state index is 0.210. The molecule has 0 bridgehead atoms. The molecule has 2 nitrogen and oxygen atoms in total. The van der Waals surface area contributed by atoms with Crippen LogP contribution in [0, 0.1) is 0 Å². The third kappa shape index (κ3) is 1.59. The van der Waals surface area contributed by atoms with E-state index < -0.39 is 0 Å². The average Bonchev–Trinajstić information content (AvgIpc) is 2.52. The highest BCUT2D eigenvalue weighted by Crippen LogP contribution is 2.34. The first-order valence-electron chi connectivity index (χ1n) is 3.65. The van der Waals surface area contributed by atoms with E-state index in [-0.39, 0.29) is 5.75 Å². The van der Waals surface area contributed by atoms with Gasteiger partial charge in [-0.25, -0.2) is 0 Å². The van der Waals surface area contributed by atoms with Crippen LogP contribution >= 0.6 is 27.3 Å². The first kappa shape index (κ1) is 8.72. The summed E-state index contributed by atoms with van der Waals surface area (Å²) in [4.78, 5) is 4.11. The lowest BCUT2D eigenvalue weighted by molar-refractivity contribution is 0.475. The van der Waals surface area contributed by atoms with Crippen molar-refractivity contribution in [2.45, 2.75) is 0 Å². The highest BCUT2D eigenvalue weighted by Gasteiger charge is 2.08. The lowest BCUT2D eigenvalue weighted by Crippen LogP contribution is -1.81. The van der Waals surface area contributed by atoms with E-state index in [1.165, 1.54) is 0 Å². The lowest BCUT2D eigenvalue weighted by atomic mass is 10.2. The van der Waals surface area contributed by atoms with Crippen LogP contribution in [0.3, 0.4) is 0 Å². The van der Waals surface area contributed by atoms with Crippen LogP contribution in [0.1, 0.15) is 0 Å². The van der Waals surface area contributed by atoms with Gasteiger partial charge >= 0.3 is 0 Å². The number of hydrogen-bond acceptors (Lipinski definition) is 3. The molecule has 0 spiro atoms. The molecule has 0 atom stereocenters. The summed E-state index contributed by atoms with van der Waals surface area (Å²) in [6.45, 7) is 0. The smallest absolute Gasteiger partial charge is 0.141 e. The quantitative estimate of drug-likeness (QED) is 0.849. The van der Waals surface area contributed by atoms with Gasteiger partial charge in [0.15, 0.2) is 0 Å². The van der Waals surface area contributed by atoms with Crippen molar-refractivity contribution >= 4 is 27.3 Å². The summed E-state index contributed by atoms with van der Waals surface area (Å²) in [5, 5.41) is 13.4. The molecular weight excluding hydrogens is 250 g/mol. The fourth-order valence-corrected chi connectivity index (χ4v) is 2.52. The molecule has 0 aromatic carbocycles. The van der Waals surface area contributed by atoms with E-state index in [9.17, 15) is 5.11 Å². The predicted molar refractivity (Wildman–Crippen MR) is 56.9 cm³/mol. The van der Waals surface area contributed by atoms with Gasteiger partial charge in [-0.05, 0) is 28.1 Å². The van der Waals surface area contributed by atoms with Gasteiger partial charge in [0.25, 0.3) is 0 Å². The molecule has 2 heterocycles. The Morgan fingerprint density at radius 2 is 2.23 bits per heavy atom. The molecule has 4 heteroatoms. The molecule has 0 saturated carbocycles. The van der Waals surface area contributed by atoms with E-state index >= 15 is 0 Å². The molecule has 1 N–H and O–H groups in total. The predicted octanol–water partition coefficient (Wildman–Crippen LogP) is 3.28. The average molecular weight is 256 g/mol. The Balaban J connectivity index is 2.59. The molecule has 0 amide bonds. The number of thiophene rings is 1. The van der Waals surface area contributed by atoms with Crippen molar-refractivity contribution in [3.8, 4) is 17.0 Å². The summed E-state index contributed by atoms with van der Waals surface area (Å²) in [6.07, 6.45) is 1.67. The fraction of sp³-hybridized carbons (Fsp3) is 0. The monoisotopic (exact) mass is 255 g/mol. The zero-order chi connectivity index (χ0) is 9.26. The van der Waals surface area contributed by atoms with Gasteiger partial charge in [-0.15, -0.1) is 0 Å². The van der Waals surface area contributed by atoms with Crippen LogP contribution in [0.2, 0.25) is 0 Å². The zero-order valence-electron chi connectivity index (χ0n) is 6.57. The largest absolute Gasteiger partial charge is 0.506 e. The highest BCUT2D eigenvalue weighted by molar-refractivity contribution is 9.10. The van der Waals surface area contributed by atoms with E-state index in [0.29, 0.717) is 5.69 Å². The molecule has 2 aromatic heterocycles. The van der Waals surface area contributed by atoms with E-state index in [0.717, 1.165) is 10.0 Å². The van der Waals surface area contributed by atoms with Crippen LogP contribution in [0.15, 0.2) is 33.6 Å². The molecule has 0 saturated heterocycles. The van der Waals surface area contributed by atoms with Crippen LogP contribution in [0.4, 0.5) is 0 Å². The molecule has 0 unspecified atom stereocenters. The Bertz CT molecular complexity index is 427. The SMILES string of the molecule is Oc1cccnc1-c1cscc1Br. The number of halogens is 1. The Labute approximate surface area is 88.0 Å². The van der Waals surface area contributed by atoms with Crippen LogP contribution in [-0.4, -0.2) is 10.1 Å². The van der Waals surface area contributed by atoms with Crippen molar-refractivity contribution in [2.75, 3.05) is 0 Å². The van der Waals surface area contributed by atoms with Crippen LogP contribution < -0.4 is 0 Å². The summed E-state index contributed by atoms with van der Waals surface area (Å²) in [6, 6.07) is 3.34. The van der Waals surface area contributed by atoms with Crippen molar-refractivity contribution in [1.29, 1.82) is 0 Å². The Hall–Kier alpha value is -0.870. The minimum Gasteiger partial charge on any atom is -0.506 e. The molecular formula is C9H6BrNOS. The van der Waals surface area contributed by atoms with Gasteiger partial charge in [0.05, 0.1) is 0 Å². The zero-order valence-corrected chi connectivity index (χ0v) is 8.97. The normalized spacial score (nSPS) is 10.2. The third-order valence-corrected chi connectivity index (χ3v) is 3.36. The number of hydrogen-bond donors (Lipinski definition) is 1. The molecule has 66 valence electrons. The van der Waals surface area contributed by atoms with E-state index in [1.54, 1.807) is 29.7 Å². The second kappa shape index (κ2) is 3.47. The van der Waals surface area contributed by atoms with Crippen molar-refractivity contribution in [1.82, 2.24) is 4.98 Å². The summed E-state index contributed by atoms with van der Waals surface area (Å²) in [7, 11) is 0. The van der Waals surface area contributed by atoms with Gasteiger partial charge in [-0.2, -0.15) is 11.3 Å². The van der Waals surface area contributed by atoms with Gasteiger partial charge in [-0.1, -0.05) is 0 Å². The van der Waals surface area contributed by atoms with Crippen LogP contribution in [0.5, 0.6) is 5.75 Å². The van der Waals surface area contributed by atoms with Crippen molar-refractivity contribution in [3.63, 3.8) is 0 Å². The summed E-state index contributed by atoms with van der Waals surface area (Å²) in [5.41, 5.74) is 1.55. The first-order chi connectivity index (χ1) is 6.29. The minimum atomic E-state index is 0.210. The maximum absolute atomic E-state index is 9.53. The number of rotatable bonds is 1. The topological polar surface area (TPSA) is 33.1 Å². The molecule has 0 aliphatic rings. The van der Waals surface area contributed by atoms with Gasteiger partial charge < -0.3 is 5.11 Å². The molecule has 13 heavy (non-hydrogen) atoms. The highest BCUT2D eigenvalue weighted by atomic mass is 79.9. The molecule has 0 radical (unpaired) electrons. The second-order valence-electron chi connectivity index (χ2n) is 2.50. The third-order valence-electron chi connectivity index (χ3n) is 1.66. The molecule has 2 aromatic rings. The number of aromatic nitrogens is 1. The molecule has 0 aliphatic heterocycles. The maximum atomic E-state index is 9.53. The number of nitrogens with zero attached hydrogens (tertiary/aromatic N) is 1. The summed E-state index contributed by atoms with van der Waals surface area (Å²) in [5.74, 6) is 0.210. The maximum Gasteiger partial charge on any atom is 0.141 e. The van der Waals surface area contributed by atoms with Crippen molar-refractivity contribution < 1.29 is 5.11 Å². The number of aromatic hydroxyl groups is 1. The summed E-state index contributed by atoms with van der Waals surface area (Å²) >= 11 is 4.97. The van der Waals surface area contributed by atoms with E-state index in [4.69, 9.17) is 0 Å². The fourth-order valence-electron chi connectivity index (χ4n) is 1.05. The number of pyridine rings is 1. The lowest BCUT2D eigenvalue weighted by Gasteiger charge is -2.00. The van der Waals surface area contributed by atoms with Crippen molar-refractivity contribution in [2.24, 2.45) is 0 Å². The van der Waals surface area contributed by atoms with Gasteiger partial charge in [0.2, 0.25) is 0 Å².